The van der Waals surface area contributed by atoms with Gasteiger partial charge in [-0.25, -0.2) is 4.98 Å². The van der Waals surface area contributed by atoms with E-state index in [1.807, 2.05) is 0 Å². The standard InChI is InChI=1S/C11H8N2O2S/c12-6-9-5-8(7-14)1-2-10(9)16-11-13-3-4-15-11/h1-5,14H,7H2. The second-order valence-corrected chi connectivity index (χ2v) is 3.99. The van der Waals surface area contributed by atoms with Crippen LogP contribution in [0.15, 0.2) is 45.2 Å². The highest BCUT2D eigenvalue weighted by molar-refractivity contribution is 7.99. The molecule has 80 valence electrons. The van der Waals surface area contributed by atoms with E-state index in [1.54, 1.807) is 24.4 Å². The van der Waals surface area contributed by atoms with Gasteiger partial charge in [-0.2, -0.15) is 5.26 Å². The van der Waals surface area contributed by atoms with Crippen LogP contribution < -0.4 is 0 Å². The van der Waals surface area contributed by atoms with E-state index in [2.05, 4.69) is 11.1 Å². The van der Waals surface area contributed by atoms with Gasteiger partial charge in [-0.05, 0) is 29.5 Å². The number of aliphatic hydroxyl groups is 1. The summed E-state index contributed by atoms with van der Waals surface area (Å²) < 4.78 is 5.09. The van der Waals surface area contributed by atoms with Crippen LogP contribution in [0.25, 0.3) is 0 Å². The molecule has 2 aromatic rings. The Balaban J connectivity index is 2.31. The van der Waals surface area contributed by atoms with Gasteiger partial charge in [0.1, 0.15) is 12.3 Å². The van der Waals surface area contributed by atoms with Gasteiger partial charge in [-0.15, -0.1) is 0 Å². The average Bonchev–Trinajstić information content (AvgIpc) is 2.82. The van der Waals surface area contributed by atoms with Crippen molar-refractivity contribution in [3.63, 3.8) is 0 Å². The highest BCUT2D eigenvalue weighted by Gasteiger charge is 2.07. The van der Waals surface area contributed by atoms with Crippen LogP contribution in [0.2, 0.25) is 0 Å². The third-order valence-corrected chi connectivity index (χ3v) is 2.91. The first-order valence-corrected chi connectivity index (χ1v) is 5.36. The Morgan fingerprint density at radius 1 is 1.50 bits per heavy atom. The maximum atomic E-state index is 8.97. The van der Waals surface area contributed by atoms with Crippen LogP contribution in [-0.4, -0.2) is 10.1 Å². The van der Waals surface area contributed by atoms with E-state index in [0.717, 1.165) is 4.90 Å². The Morgan fingerprint density at radius 2 is 2.38 bits per heavy atom. The topological polar surface area (TPSA) is 70.0 Å². The number of hydrogen-bond acceptors (Lipinski definition) is 5. The number of nitrogens with zero attached hydrogens (tertiary/aromatic N) is 2. The third-order valence-electron chi connectivity index (χ3n) is 1.95. The number of aliphatic hydroxyl groups excluding tert-OH is 1. The molecule has 16 heavy (non-hydrogen) atoms. The van der Waals surface area contributed by atoms with E-state index in [4.69, 9.17) is 14.8 Å². The summed E-state index contributed by atoms with van der Waals surface area (Å²) in [6.45, 7) is -0.0708. The van der Waals surface area contributed by atoms with Gasteiger partial charge in [-0.3, -0.25) is 0 Å². The van der Waals surface area contributed by atoms with Crippen molar-refractivity contribution in [1.29, 1.82) is 5.26 Å². The van der Waals surface area contributed by atoms with Gasteiger partial charge >= 0.3 is 0 Å². The lowest BCUT2D eigenvalue weighted by Gasteiger charge is -2.02. The summed E-state index contributed by atoms with van der Waals surface area (Å²) in [5, 5.41) is 18.4. The Morgan fingerprint density at radius 3 is 3.00 bits per heavy atom. The van der Waals surface area contributed by atoms with Gasteiger partial charge in [-0.1, -0.05) is 6.07 Å². The molecule has 0 aliphatic heterocycles. The molecule has 0 aliphatic carbocycles. The summed E-state index contributed by atoms with van der Waals surface area (Å²) in [5.41, 5.74) is 1.23. The van der Waals surface area contributed by atoms with Gasteiger partial charge in [0, 0.05) is 4.90 Å². The number of oxazole rings is 1. The smallest absolute Gasteiger partial charge is 0.260 e. The molecule has 1 N–H and O–H groups in total. The largest absolute Gasteiger partial charge is 0.440 e. The fourth-order valence-corrected chi connectivity index (χ4v) is 1.96. The maximum Gasteiger partial charge on any atom is 0.260 e. The first kappa shape index (κ1) is 10.7. The molecule has 0 saturated carbocycles. The van der Waals surface area contributed by atoms with Crippen LogP contribution in [0.5, 0.6) is 0 Å². The molecule has 1 aromatic heterocycles. The molecular weight excluding hydrogens is 224 g/mol. The summed E-state index contributed by atoms with van der Waals surface area (Å²) in [7, 11) is 0. The van der Waals surface area contributed by atoms with Crippen molar-refractivity contribution in [2.75, 3.05) is 0 Å². The number of rotatable bonds is 3. The molecule has 1 heterocycles. The lowest BCUT2D eigenvalue weighted by Crippen LogP contribution is -1.87. The summed E-state index contributed by atoms with van der Waals surface area (Å²) in [5.74, 6) is 0. The van der Waals surface area contributed by atoms with E-state index < -0.39 is 0 Å². The predicted molar refractivity (Wildman–Crippen MR) is 57.7 cm³/mol. The third kappa shape index (κ3) is 2.24. The van der Waals surface area contributed by atoms with Crippen LogP contribution in [0.1, 0.15) is 11.1 Å². The van der Waals surface area contributed by atoms with Crippen molar-refractivity contribution < 1.29 is 9.52 Å². The molecule has 0 aliphatic rings. The summed E-state index contributed by atoms with van der Waals surface area (Å²) >= 11 is 1.28. The fourth-order valence-electron chi connectivity index (χ4n) is 1.21. The molecular formula is C11H8N2O2S. The first-order valence-electron chi connectivity index (χ1n) is 4.54. The zero-order valence-corrected chi connectivity index (χ0v) is 9.07. The molecule has 0 fully saturated rings. The van der Waals surface area contributed by atoms with Gasteiger partial charge < -0.3 is 9.52 Å². The van der Waals surface area contributed by atoms with Gasteiger partial charge in [0.05, 0.1) is 18.4 Å². The Bertz CT molecular complexity index is 517. The minimum absolute atomic E-state index is 0.0708. The van der Waals surface area contributed by atoms with Crippen LogP contribution in [0, 0.1) is 11.3 Å². The van der Waals surface area contributed by atoms with Crippen LogP contribution in [-0.2, 0) is 6.61 Å². The molecule has 0 bridgehead atoms. The molecule has 0 radical (unpaired) electrons. The highest BCUT2D eigenvalue weighted by Crippen LogP contribution is 2.29. The summed E-state index contributed by atoms with van der Waals surface area (Å²) in [6.07, 6.45) is 3.03. The van der Waals surface area contributed by atoms with Crippen molar-refractivity contribution in [1.82, 2.24) is 4.98 Å². The molecule has 0 atom stereocenters. The van der Waals surface area contributed by atoms with Gasteiger partial charge in [0.2, 0.25) is 0 Å². The average molecular weight is 232 g/mol. The van der Waals surface area contributed by atoms with E-state index in [0.29, 0.717) is 16.3 Å². The van der Waals surface area contributed by atoms with Crippen molar-refractivity contribution in [2.24, 2.45) is 0 Å². The minimum Gasteiger partial charge on any atom is -0.440 e. The lowest BCUT2D eigenvalue weighted by molar-refractivity contribution is 0.281. The van der Waals surface area contributed by atoms with Crippen LogP contribution in [0.3, 0.4) is 0 Å². The van der Waals surface area contributed by atoms with Crippen molar-refractivity contribution in [2.45, 2.75) is 16.7 Å². The quantitative estimate of drug-likeness (QED) is 0.878. The number of hydrogen-bond donors (Lipinski definition) is 1. The summed E-state index contributed by atoms with van der Waals surface area (Å²) in [4.78, 5) is 4.73. The van der Waals surface area contributed by atoms with Crippen molar-refractivity contribution in [3.8, 4) is 6.07 Å². The first-order chi connectivity index (χ1) is 7.83. The van der Waals surface area contributed by atoms with E-state index in [1.165, 1.54) is 18.0 Å². The normalized spacial score (nSPS) is 10.0. The second kappa shape index (κ2) is 4.84. The number of aromatic nitrogens is 1. The van der Waals surface area contributed by atoms with E-state index in [-0.39, 0.29) is 6.61 Å². The molecule has 4 nitrogen and oxygen atoms in total. The minimum atomic E-state index is -0.0708. The molecule has 5 heteroatoms. The fraction of sp³-hybridized carbons (Fsp3) is 0.0909. The Kier molecular flexibility index (Phi) is 3.25. The lowest BCUT2D eigenvalue weighted by atomic mass is 10.1. The Labute approximate surface area is 96.5 Å². The number of benzene rings is 1. The van der Waals surface area contributed by atoms with E-state index in [9.17, 15) is 0 Å². The van der Waals surface area contributed by atoms with Gasteiger partial charge in [0.25, 0.3) is 5.22 Å². The monoisotopic (exact) mass is 232 g/mol. The van der Waals surface area contributed by atoms with Crippen LogP contribution >= 0.6 is 11.8 Å². The second-order valence-electron chi connectivity index (χ2n) is 3.00. The molecule has 0 unspecified atom stereocenters. The predicted octanol–water partition coefficient (Wildman–Crippen LogP) is 2.19. The number of nitriles is 1. The molecule has 0 amide bonds. The Hall–Kier alpha value is -1.77. The summed E-state index contributed by atoms with van der Waals surface area (Å²) in [6, 6.07) is 7.29. The maximum absolute atomic E-state index is 8.97. The van der Waals surface area contributed by atoms with Crippen molar-refractivity contribution >= 4 is 11.8 Å². The van der Waals surface area contributed by atoms with Crippen LogP contribution in [0.4, 0.5) is 0 Å². The van der Waals surface area contributed by atoms with E-state index >= 15 is 0 Å². The van der Waals surface area contributed by atoms with Crippen molar-refractivity contribution in [3.05, 3.63) is 41.8 Å². The SMILES string of the molecule is N#Cc1cc(CO)ccc1Sc1ncco1. The molecule has 2 rings (SSSR count). The highest BCUT2D eigenvalue weighted by atomic mass is 32.2. The molecule has 0 saturated heterocycles. The zero-order chi connectivity index (χ0) is 11.4. The molecule has 1 aromatic carbocycles. The zero-order valence-electron chi connectivity index (χ0n) is 8.25. The van der Waals surface area contributed by atoms with Gasteiger partial charge in [0.15, 0.2) is 0 Å². The molecule has 0 spiro atoms.